The number of carbonyl (C=O) groups excluding carboxylic acids is 2. The van der Waals surface area contributed by atoms with Crippen LogP contribution in [0.2, 0.25) is 0 Å². The van der Waals surface area contributed by atoms with E-state index in [-0.39, 0.29) is 11.8 Å². The Morgan fingerprint density at radius 1 is 1.43 bits per heavy atom. The molecular weight excluding hydrogens is 272 g/mol. The van der Waals surface area contributed by atoms with Gasteiger partial charge in [-0.25, -0.2) is 9.78 Å². The van der Waals surface area contributed by atoms with E-state index < -0.39 is 12.1 Å². The first-order valence-corrected chi connectivity index (χ1v) is 6.80. The minimum atomic E-state index is -0.707. The largest absolute Gasteiger partial charge is 0.481 e. The number of pyridine rings is 1. The van der Waals surface area contributed by atoms with Gasteiger partial charge in [-0.05, 0) is 11.5 Å². The van der Waals surface area contributed by atoms with E-state index in [2.05, 4.69) is 15.6 Å². The Morgan fingerprint density at radius 3 is 2.62 bits per heavy atom. The number of carbonyl (C=O) groups is 2. The van der Waals surface area contributed by atoms with Crippen LogP contribution >= 0.6 is 0 Å². The van der Waals surface area contributed by atoms with Crippen molar-refractivity contribution in [1.82, 2.24) is 15.6 Å². The highest BCUT2D eigenvalue weighted by atomic mass is 16.5. The zero-order valence-corrected chi connectivity index (χ0v) is 12.6. The van der Waals surface area contributed by atoms with E-state index in [1.54, 1.807) is 12.3 Å². The summed E-state index contributed by atoms with van der Waals surface area (Å²) in [5.41, 5.74) is 5.95. The second-order valence-electron chi connectivity index (χ2n) is 4.80. The topological polar surface area (TPSA) is 106 Å². The lowest BCUT2D eigenvalue weighted by Gasteiger charge is -2.22. The van der Waals surface area contributed by atoms with Crippen molar-refractivity contribution in [3.8, 4) is 5.88 Å². The molecule has 1 aromatic rings. The Morgan fingerprint density at radius 2 is 2.14 bits per heavy atom. The van der Waals surface area contributed by atoms with Crippen LogP contribution in [-0.2, 0) is 11.3 Å². The maximum absolute atomic E-state index is 12.1. The maximum Gasteiger partial charge on any atom is 0.312 e. The molecule has 21 heavy (non-hydrogen) atoms. The van der Waals surface area contributed by atoms with Gasteiger partial charge in [0.2, 0.25) is 11.8 Å². The normalized spacial score (nSPS) is 13.1. The molecule has 7 heteroatoms. The summed E-state index contributed by atoms with van der Waals surface area (Å²) in [6, 6.07) is 2.18. The van der Waals surface area contributed by atoms with Gasteiger partial charge in [0.25, 0.3) is 0 Å². The Labute approximate surface area is 124 Å². The Balaban J connectivity index is 2.61. The summed E-state index contributed by atoms with van der Waals surface area (Å²) in [7, 11) is 1.54. The van der Waals surface area contributed by atoms with E-state index in [4.69, 9.17) is 10.5 Å². The number of nitrogens with zero attached hydrogens (tertiary/aromatic N) is 1. The molecule has 0 fully saturated rings. The van der Waals surface area contributed by atoms with Gasteiger partial charge in [-0.2, -0.15) is 0 Å². The van der Waals surface area contributed by atoms with Crippen LogP contribution in [0.15, 0.2) is 18.3 Å². The third kappa shape index (κ3) is 5.29. The lowest BCUT2D eigenvalue weighted by atomic mass is 9.98. The first-order chi connectivity index (χ1) is 9.97. The summed E-state index contributed by atoms with van der Waals surface area (Å²) in [6.07, 6.45) is 2.38. The van der Waals surface area contributed by atoms with Crippen LogP contribution in [0, 0.1) is 5.92 Å². The number of methoxy groups -OCH3 is 1. The fourth-order valence-electron chi connectivity index (χ4n) is 1.79. The molecule has 116 valence electrons. The van der Waals surface area contributed by atoms with Crippen LogP contribution in [0.1, 0.15) is 25.8 Å². The van der Waals surface area contributed by atoms with Gasteiger partial charge in [0.05, 0.1) is 7.11 Å². The Bertz CT molecular complexity index is 476. The van der Waals surface area contributed by atoms with Gasteiger partial charge < -0.3 is 21.1 Å². The van der Waals surface area contributed by atoms with Gasteiger partial charge in [-0.3, -0.25) is 4.79 Å². The predicted octanol–water partition coefficient (Wildman–Crippen LogP) is 0.789. The standard InChI is InChI=1S/C14H22N4O3/c1-4-9(2)12(18-14(15)20)13(19)17-8-10-5-6-11(21-3)16-7-10/h5-7,9,12H,4,8H2,1-3H3,(H,17,19)(H3,15,18,20). The molecular formula is C14H22N4O3. The molecule has 0 bridgehead atoms. The minimum Gasteiger partial charge on any atom is -0.481 e. The summed E-state index contributed by atoms with van der Waals surface area (Å²) >= 11 is 0. The molecule has 0 radical (unpaired) electrons. The number of aromatic nitrogens is 1. The predicted molar refractivity (Wildman–Crippen MR) is 78.6 cm³/mol. The molecule has 7 nitrogen and oxygen atoms in total. The van der Waals surface area contributed by atoms with E-state index in [0.29, 0.717) is 12.4 Å². The first kappa shape index (κ1) is 16.7. The maximum atomic E-state index is 12.1. The van der Waals surface area contributed by atoms with E-state index in [0.717, 1.165) is 12.0 Å². The van der Waals surface area contributed by atoms with Gasteiger partial charge in [0, 0.05) is 18.8 Å². The lowest BCUT2D eigenvalue weighted by molar-refractivity contribution is -0.124. The van der Waals surface area contributed by atoms with Crippen molar-refractivity contribution in [2.45, 2.75) is 32.9 Å². The summed E-state index contributed by atoms with van der Waals surface area (Å²) in [5.74, 6) is 0.239. The number of urea groups is 1. The smallest absolute Gasteiger partial charge is 0.312 e. The number of nitrogens with one attached hydrogen (secondary N) is 2. The third-order valence-electron chi connectivity index (χ3n) is 3.27. The second-order valence-corrected chi connectivity index (χ2v) is 4.80. The molecule has 1 aromatic heterocycles. The number of amides is 3. The molecule has 0 spiro atoms. The quantitative estimate of drug-likeness (QED) is 0.691. The number of rotatable bonds is 7. The van der Waals surface area contributed by atoms with Gasteiger partial charge in [0.1, 0.15) is 6.04 Å². The highest BCUT2D eigenvalue weighted by Gasteiger charge is 2.24. The molecule has 0 aromatic carbocycles. The van der Waals surface area contributed by atoms with Crippen molar-refractivity contribution < 1.29 is 14.3 Å². The van der Waals surface area contributed by atoms with Crippen LogP contribution < -0.4 is 21.1 Å². The van der Waals surface area contributed by atoms with Crippen LogP contribution in [0.3, 0.4) is 0 Å². The van der Waals surface area contributed by atoms with E-state index in [1.165, 1.54) is 7.11 Å². The molecule has 4 N–H and O–H groups in total. The highest BCUT2D eigenvalue weighted by molar-refractivity contribution is 5.86. The van der Waals surface area contributed by atoms with Crippen LogP contribution in [0.4, 0.5) is 4.79 Å². The number of ether oxygens (including phenoxy) is 1. The van der Waals surface area contributed by atoms with Gasteiger partial charge in [-0.15, -0.1) is 0 Å². The van der Waals surface area contributed by atoms with E-state index >= 15 is 0 Å². The molecule has 1 heterocycles. The lowest BCUT2D eigenvalue weighted by Crippen LogP contribution is -2.51. The number of hydrogen-bond donors (Lipinski definition) is 3. The van der Waals surface area contributed by atoms with Gasteiger partial charge in [-0.1, -0.05) is 26.3 Å². The molecule has 2 atom stereocenters. The van der Waals surface area contributed by atoms with Gasteiger partial charge in [0.15, 0.2) is 0 Å². The van der Waals surface area contributed by atoms with E-state index in [1.807, 2.05) is 19.9 Å². The summed E-state index contributed by atoms with van der Waals surface area (Å²) < 4.78 is 4.96. The number of nitrogens with two attached hydrogens (primary N) is 1. The fourth-order valence-corrected chi connectivity index (χ4v) is 1.79. The molecule has 3 amide bonds. The average Bonchev–Trinajstić information content (AvgIpc) is 2.49. The van der Waals surface area contributed by atoms with Crippen molar-refractivity contribution >= 4 is 11.9 Å². The Hall–Kier alpha value is -2.31. The fraction of sp³-hybridized carbons (Fsp3) is 0.500. The molecule has 0 aliphatic carbocycles. The molecule has 2 unspecified atom stereocenters. The monoisotopic (exact) mass is 294 g/mol. The highest BCUT2D eigenvalue weighted by Crippen LogP contribution is 2.09. The van der Waals surface area contributed by atoms with Crippen LogP contribution in [-0.4, -0.2) is 30.1 Å². The zero-order chi connectivity index (χ0) is 15.8. The van der Waals surface area contributed by atoms with Crippen molar-refractivity contribution in [2.75, 3.05) is 7.11 Å². The molecule has 0 aliphatic heterocycles. The van der Waals surface area contributed by atoms with E-state index in [9.17, 15) is 9.59 Å². The zero-order valence-electron chi connectivity index (χ0n) is 12.6. The second kappa shape index (κ2) is 8.08. The van der Waals surface area contributed by atoms with Crippen molar-refractivity contribution in [2.24, 2.45) is 11.7 Å². The van der Waals surface area contributed by atoms with Crippen molar-refractivity contribution in [3.63, 3.8) is 0 Å². The summed E-state index contributed by atoms with van der Waals surface area (Å²) in [5, 5.41) is 5.24. The number of hydrogen-bond acceptors (Lipinski definition) is 4. The molecule has 0 saturated carbocycles. The minimum absolute atomic E-state index is 0.00788. The Kier molecular flexibility index (Phi) is 6.45. The SMILES string of the molecule is CCC(C)C(NC(N)=O)C(=O)NCc1ccc(OC)nc1. The van der Waals surface area contributed by atoms with Crippen LogP contribution in [0.5, 0.6) is 5.88 Å². The molecule has 0 saturated heterocycles. The van der Waals surface area contributed by atoms with Crippen molar-refractivity contribution in [3.05, 3.63) is 23.9 Å². The average molecular weight is 294 g/mol. The van der Waals surface area contributed by atoms with Crippen molar-refractivity contribution in [1.29, 1.82) is 0 Å². The summed E-state index contributed by atoms with van der Waals surface area (Å²) in [4.78, 5) is 27.2. The van der Waals surface area contributed by atoms with Gasteiger partial charge >= 0.3 is 6.03 Å². The third-order valence-corrected chi connectivity index (χ3v) is 3.27. The number of primary amides is 1. The first-order valence-electron chi connectivity index (χ1n) is 6.80. The molecule has 0 aliphatic rings. The summed E-state index contributed by atoms with van der Waals surface area (Å²) in [6.45, 7) is 4.15. The van der Waals surface area contributed by atoms with Crippen LogP contribution in [0.25, 0.3) is 0 Å². The molecule has 1 rings (SSSR count).